The zero-order chi connectivity index (χ0) is 20.4. The molecule has 4 aromatic rings. The van der Waals surface area contributed by atoms with Crippen LogP contribution in [0, 0.1) is 12.7 Å². The summed E-state index contributed by atoms with van der Waals surface area (Å²) in [6.45, 7) is 1.87. The summed E-state index contributed by atoms with van der Waals surface area (Å²) in [6.07, 6.45) is 4.62. The summed E-state index contributed by atoms with van der Waals surface area (Å²) >= 11 is 0. The quantitative estimate of drug-likeness (QED) is 0.413. The molecule has 4 rings (SSSR count). The van der Waals surface area contributed by atoms with Gasteiger partial charge in [0.15, 0.2) is 5.82 Å². The lowest BCUT2D eigenvalue weighted by Crippen LogP contribution is -2.17. The third-order valence-electron chi connectivity index (χ3n) is 4.37. The van der Waals surface area contributed by atoms with Gasteiger partial charge in [0.25, 0.3) is 5.91 Å². The van der Waals surface area contributed by atoms with E-state index in [9.17, 15) is 9.18 Å². The SMILES string of the molecule is Cc1ccc(C(N)=Nc2cc(F)ccn2)cc1NC(=O)c1cnc2ccccn12. The van der Waals surface area contributed by atoms with Gasteiger partial charge in [-0.3, -0.25) is 9.20 Å². The van der Waals surface area contributed by atoms with Gasteiger partial charge in [-0.2, -0.15) is 0 Å². The molecule has 0 aliphatic rings. The van der Waals surface area contributed by atoms with Crippen molar-refractivity contribution in [3.63, 3.8) is 0 Å². The number of imidazole rings is 1. The van der Waals surface area contributed by atoms with Crippen molar-refractivity contribution in [1.29, 1.82) is 0 Å². The Kier molecular flexibility index (Phi) is 4.74. The van der Waals surface area contributed by atoms with Gasteiger partial charge in [0.1, 0.15) is 23.0 Å². The Morgan fingerprint density at radius 2 is 2.03 bits per heavy atom. The molecule has 0 saturated carbocycles. The fraction of sp³-hybridized carbons (Fsp3) is 0.0476. The van der Waals surface area contributed by atoms with Crippen molar-refractivity contribution in [3.8, 4) is 0 Å². The zero-order valence-corrected chi connectivity index (χ0v) is 15.5. The van der Waals surface area contributed by atoms with Crippen LogP contribution in [0.3, 0.4) is 0 Å². The van der Waals surface area contributed by atoms with Crippen molar-refractivity contribution in [2.75, 3.05) is 5.32 Å². The van der Waals surface area contributed by atoms with Gasteiger partial charge in [-0.25, -0.2) is 19.4 Å². The fourth-order valence-corrected chi connectivity index (χ4v) is 2.85. The Balaban J connectivity index is 1.62. The number of pyridine rings is 2. The van der Waals surface area contributed by atoms with Gasteiger partial charge in [-0.05, 0) is 36.8 Å². The number of amidine groups is 1. The maximum Gasteiger partial charge on any atom is 0.274 e. The first-order valence-corrected chi connectivity index (χ1v) is 8.81. The number of hydrogen-bond donors (Lipinski definition) is 2. The van der Waals surface area contributed by atoms with Crippen LogP contribution < -0.4 is 11.1 Å². The maximum absolute atomic E-state index is 13.3. The highest BCUT2D eigenvalue weighted by Gasteiger charge is 2.14. The predicted octanol–water partition coefficient (Wildman–Crippen LogP) is 3.47. The normalized spacial score (nSPS) is 11.6. The number of nitrogens with two attached hydrogens (primary N) is 1. The minimum absolute atomic E-state index is 0.161. The lowest BCUT2D eigenvalue weighted by molar-refractivity contribution is 0.102. The number of halogens is 1. The van der Waals surface area contributed by atoms with Gasteiger partial charge in [-0.1, -0.05) is 18.2 Å². The topological polar surface area (TPSA) is 97.7 Å². The lowest BCUT2D eigenvalue weighted by atomic mass is 10.1. The molecule has 8 heteroatoms. The molecule has 1 amide bonds. The molecule has 0 spiro atoms. The number of anilines is 1. The Hall–Kier alpha value is -4.07. The summed E-state index contributed by atoms with van der Waals surface area (Å²) in [5.41, 5.74) is 9.17. The van der Waals surface area contributed by atoms with E-state index in [1.165, 1.54) is 24.5 Å². The summed E-state index contributed by atoms with van der Waals surface area (Å²) in [5.74, 6) is -0.421. The molecular weight excluding hydrogens is 371 g/mol. The van der Waals surface area contributed by atoms with Crippen LogP contribution in [-0.2, 0) is 0 Å². The van der Waals surface area contributed by atoms with E-state index in [4.69, 9.17) is 5.73 Å². The molecule has 7 nitrogen and oxygen atoms in total. The van der Waals surface area contributed by atoms with Crippen LogP contribution in [0.5, 0.6) is 0 Å². The number of aliphatic imine (C=N–C) groups is 1. The van der Waals surface area contributed by atoms with E-state index in [0.717, 1.165) is 5.56 Å². The highest BCUT2D eigenvalue weighted by Crippen LogP contribution is 2.19. The van der Waals surface area contributed by atoms with Gasteiger partial charge in [0.2, 0.25) is 0 Å². The van der Waals surface area contributed by atoms with Crippen molar-refractivity contribution in [1.82, 2.24) is 14.4 Å². The average Bonchev–Trinajstić information content (AvgIpc) is 3.14. The number of rotatable bonds is 4. The summed E-state index contributed by atoms with van der Waals surface area (Å²) in [4.78, 5) is 25.1. The fourth-order valence-electron chi connectivity index (χ4n) is 2.85. The highest BCUT2D eigenvalue weighted by atomic mass is 19.1. The van der Waals surface area contributed by atoms with E-state index in [-0.39, 0.29) is 17.6 Å². The van der Waals surface area contributed by atoms with E-state index >= 15 is 0 Å². The van der Waals surface area contributed by atoms with Crippen LogP contribution in [0.1, 0.15) is 21.6 Å². The Bertz CT molecular complexity index is 1250. The molecule has 3 N–H and O–H groups in total. The van der Waals surface area contributed by atoms with Gasteiger partial charge >= 0.3 is 0 Å². The van der Waals surface area contributed by atoms with Crippen molar-refractivity contribution in [2.45, 2.75) is 6.92 Å². The number of aryl methyl sites for hydroxylation is 1. The number of aromatic nitrogens is 3. The molecular formula is C21H17FN6O. The number of fused-ring (bicyclic) bond motifs is 1. The molecule has 0 aliphatic heterocycles. The molecule has 0 atom stereocenters. The van der Waals surface area contributed by atoms with Gasteiger partial charge < -0.3 is 11.1 Å². The summed E-state index contributed by atoms with van der Waals surface area (Å²) < 4.78 is 15.0. The highest BCUT2D eigenvalue weighted by molar-refractivity contribution is 6.05. The van der Waals surface area contributed by atoms with E-state index in [0.29, 0.717) is 22.6 Å². The zero-order valence-electron chi connectivity index (χ0n) is 15.5. The van der Waals surface area contributed by atoms with Crippen molar-refractivity contribution in [3.05, 3.63) is 89.8 Å². The first-order valence-electron chi connectivity index (χ1n) is 8.81. The van der Waals surface area contributed by atoms with Gasteiger partial charge in [-0.15, -0.1) is 0 Å². The van der Waals surface area contributed by atoms with Crippen LogP contribution in [0.15, 0.2) is 72.1 Å². The van der Waals surface area contributed by atoms with Crippen molar-refractivity contribution >= 4 is 28.9 Å². The van der Waals surface area contributed by atoms with Crippen LogP contribution in [0.2, 0.25) is 0 Å². The molecule has 1 aromatic carbocycles. The monoisotopic (exact) mass is 388 g/mol. The second kappa shape index (κ2) is 7.51. The molecule has 3 heterocycles. The molecule has 144 valence electrons. The second-order valence-corrected chi connectivity index (χ2v) is 6.39. The molecule has 0 fully saturated rings. The molecule has 0 aliphatic carbocycles. The van der Waals surface area contributed by atoms with Gasteiger partial charge in [0, 0.05) is 29.7 Å². The largest absolute Gasteiger partial charge is 0.383 e. The predicted molar refractivity (Wildman–Crippen MR) is 109 cm³/mol. The van der Waals surface area contributed by atoms with Gasteiger partial charge in [0.05, 0.1) is 6.20 Å². The lowest BCUT2D eigenvalue weighted by Gasteiger charge is -2.10. The minimum Gasteiger partial charge on any atom is -0.383 e. The standard InChI is InChI=1S/C21H17FN6O/c1-13-5-6-14(20(23)27-18-11-15(22)7-8-24-18)10-16(13)26-21(29)17-12-25-19-4-2-3-9-28(17)19/h2-12H,1H3,(H,26,29)(H2,23,24,27). The summed E-state index contributed by atoms with van der Waals surface area (Å²) in [7, 11) is 0. The van der Waals surface area contributed by atoms with Crippen LogP contribution >= 0.6 is 0 Å². The van der Waals surface area contributed by atoms with E-state index in [1.54, 1.807) is 22.7 Å². The van der Waals surface area contributed by atoms with Crippen LogP contribution in [-0.4, -0.2) is 26.1 Å². The average molecular weight is 388 g/mol. The van der Waals surface area contributed by atoms with Crippen LogP contribution in [0.25, 0.3) is 5.65 Å². The first-order chi connectivity index (χ1) is 14.0. The molecule has 3 aromatic heterocycles. The van der Waals surface area contributed by atoms with Crippen molar-refractivity contribution in [2.24, 2.45) is 10.7 Å². The maximum atomic E-state index is 13.3. The number of carbonyl (C=O) groups excluding carboxylic acids is 1. The number of benzene rings is 1. The third-order valence-corrected chi connectivity index (χ3v) is 4.37. The molecule has 0 radical (unpaired) electrons. The number of hydrogen-bond acceptors (Lipinski definition) is 4. The smallest absolute Gasteiger partial charge is 0.274 e. The Morgan fingerprint density at radius 1 is 1.17 bits per heavy atom. The summed E-state index contributed by atoms with van der Waals surface area (Å²) in [5, 5.41) is 2.89. The number of nitrogens with one attached hydrogen (secondary N) is 1. The number of amides is 1. The molecule has 0 unspecified atom stereocenters. The molecule has 0 bridgehead atoms. The van der Waals surface area contributed by atoms with E-state index in [1.807, 2.05) is 31.2 Å². The first kappa shape index (κ1) is 18.3. The van der Waals surface area contributed by atoms with E-state index in [2.05, 4.69) is 20.3 Å². The Morgan fingerprint density at radius 3 is 2.86 bits per heavy atom. The third kappa shape index (κ3) is 3.81. The van der Waals surface area contributed by atoms with Crippen LogP contribution in [0.4, 0.5) is 15.9 Å². The number of carbonyl (C=O) groups is 1. The molecule has 29 heavy (non-hydrogen) atoms. The second-order valence-electron chi connectivity index (χ2n) is 6.39. The Labute approximate surface area is 165 Å². The number of nitrogens with zero attached hydrogens (tertiary/aromatic N) is 4. The van der Waals surface area contributed by atoms with Crippen molar-refractivity contribution < 1.29 is 9.18 Å². The molecule has 0 saturated heterocycles. The van der Waals surface area contributed by atoms with E-state index < -0.39 is 5.82 Å². The summed E-state index contributed by atoms with van der Waals surface area (Å²) in [6, 6.07) is 13.2. The minimum atomic E-state index is -0.448.